The standard InChI is InChI=1S/C53H47NS/c1-51(2)29-30-52(3,4)45-33-43-42(32-44(45)51)39-23-16-27-47(49(39)53(43,5)6)54(36-20-14-19-35(31-36)34-17-8-7-9-18-34)46-26-12-10-21-37(46)40-24-15-25-41-38-22-11-13-28-48(38)55-50(40)41/h7-28,31-33H,29-30H2,1-6H3. The predicted molar refractivity (Wildman–Crippen MR) is 238 cm³/mol. The van der Waals surface area contributed by atoms with Crippen LogP contribution in [0.4, 0.5) is 17.1 Å². The third kappa shape index (κ3) is 5.25. The highest BCUT2D eigenvalue weighted by molar-refractivity contribution is 7.26. The molecule has 0 aliphatic heterocycles. The molecule has 55 heavy (non-hydrogen) atoms. The van der Waals surface area contributed by atoms with Gasteiger partial charge in [-0.05, 0) is 105 Å². The molecule has 0 radical (unpaired) electrons. The molecule has 0 fully saturated rings. The summed E-state index contributed by atoms with van der Waals surface area (Å²) in [6.45, 7) is 14.7. The van der Waals surface area contributed by atoms with Gasteiger partial charge in [-0.15, -0.1) is 11.3 Å². The van der Waals surface area contributed by atoms with Gasteiger partial charge in [-0.1, -0.05) is 157 Å². The summed E-state index contributed by atoms with van der Waals surface area (Å²) in [7, 11) is 0. The van der Waals surface area contributed by atoms with E-state index in [-0.39, 0.29) is 16.2 Å². The lowest BCUT2D eigenvalue weighted by Gasteiger charge is -2.42. The Hall–Kier alpha value is -5.44. The molecular weight excluding hydrogens is 683 g/mol. The van der Waals surface area contributed by atoms with E-state index in [1.54, 1.807) is 0 Å². The largest absolute Gasteiger partial charge is 0.310 e. The highest BCUT2D eigenvalue weighted by Crippen LogP contribution is 2.58. The second kappa shape index (κ2) is 12.3. The Labute approximate surface area is 329 Å². The minimum absolute atomic E-state index is 0.140. The molecule has 2 aliphatic rings. The van der Waals surface area contributed by atoms with Gasteiger partial charge in [0.2, 0.25) is 0 Å². The number of hydrogen-bond acceptors (Lipinski definition) is 2. The molecule has 0 unspecified atom stereocenters. The van der Waals surface area contributed by atoms with Gasteiger partial charge in [0.25, 0.3) is 0 Å². The summed E-state index contributed by atoms with van der Waals surface area (Å²) in [5.41, 5.74) is 17.2. The Morgan fingerprint density at radius 3 is 1.87 bits per heavy atom. The third-order valence-electron chi connectivity index (χ3n) is 12.9. The van der Waals surface area contributed by atoms with E-state index in [0.29, 0.717) is 0 Å². The van der Waals surface area contributed by atoms with Gasteiger partial charge in [0.1, 0.15) is 0 Å². The van der Waals surface area contributed by atoms with E-state index in [2.05, 4.69) is 198 Å². The maximum absolute atomic E-state index is 2.60. The third-order valence-corrected chi connectivity index (χ3v) is 14.1. The van der Waals surface area contributed by atoms with Crippen LogP contribution in [0.15, 0.2) is 152 Å². The molecule has 1 heterocycles. The van der Waals surface area contributed by atoms with E-state index >= 15 is 0 Å². The summed E-state index contributed by atoms with van der Waals surface area (Å²) in [4.78, 5) is 2.56. The second-order valence-corrected chi connectivity index (χ2v) is 18.6. The Balaban J connectivity index is 1.24. The Morgan fingerprint density at radius 1 is 0.455 bits per heavy atom. The molecule has 2 aliphatic carbocycles. The summed E-state index contributed by atoms with van der Waals surface area (Å²) in [6.07, 6.45) is 2.41. The van der Waals surface area contributed by atoms with Crippen LogP contribution in [0, 0.1) is 0 Å². The van der Waals surface area contributed by atoms with E-state index in [0.717, 1.165) is 5.69 Å². The summed E-state index contributed by atoms with van der Waals surface area (Å²) in [5, 5.41) is 2.64. The van der Waals surface area contributed by atoms with Crippen LogP contribution in [0.2, 0.25) is 0 Å². The zero-order valence-corrected chi connectivity index (χ0v) is 33.5. The predicted octanol–water partition coefficient (Wildman–Crippen LogP) is 15.5. The van der Waals surface area contributed by atoms with Gasteiger partial charge in [-0.3, -0.25) is 0 Å². The maximum Gasteiger partial charge on any atom is 0.0540 e. The quantitative estimate of drug-likeness (QED) is 0.170. The molecule has 0 amide bonds. The molecule has 0 saturated heterocycles. The average Bonchev–Trinajstić information content (AvgIpc) is 3.69. The van der Waals surface area contributed by atoms with E-state index in [9.17, 15) is 0 Å². The Kier molecular flexibility index (Phi) is 7.61. The summed E-state index contributed by atoms with van der Waals surface area (Å²) < 4.78 is 2.65. The van der Waals surface area contributed by atoms with Crippen LogP contribution >= 0.6 is 11.3 Å². The molecule has 0 saturated carbocycles. The van der Waals surface area contributed by atoms with E-state index < -0.39 is 0 Å². The zero-order chi connectivity index (χ0) is 37.7. The summed E-state index contributed by atoms with van der Waals surface area (Å²) in [5.74, 6) is 0. The smallest absolute Gasteiger partial charge is 0.0540 e. The van der Waals surface area contributed by atoms with Gasteiger partial charge in [0, 0.05) is 42.4 Å². The fourth-order valence-corrected chi connectivity index (χ4v) is 11.0. The second-order valence-electron chi connectivity index (χ2n) is 17.6. The first-order valence-corrected chi connectivity index (χ1v) is 20.6. The number of rotatable bonds is 5. The number of fused-ring (bicyclic) bond motifs is 7. The van der Waals surface area contributed by atoms with E-state index in [1.807, 2.05) is 11.3 Å². The lowest BCUT2D eigenvalue weighted by atomic mass is 9.62. The van der Waals surface area contributed by atoms with Crippen molar-refractivity contribution in [2.45, 2.75) is 70.6 Å². The van der Waals surface area contributed by atoms with Crippen molar-refractivity contribution >= 4 is 48.6 Å². The minimum Gasteiger partial charge on any atom is -0.310 e. The molecule has 0 atom stereocenters. The van der Waals surface area contributed by atoms with Crippen LogP contribution in [-0.4, -0.2) is 0 Å². The van der Waals surface area contributed by atoms with Crippen molar-refractivity contribution < 1.29 is 0 Å². The number of benzene rings is 7. The van der Waals surface area contributed by atoms with E-state index in [1.165, 1.54) is 100 Å². The number of thiophene rings is 1. The van der Waals surface area contributed by atoms with Crippen molar-refractivity contribution in [1.82, 2.24) is 0 Å². The van der Waals surface area contributed by atoms with Crippen molar-refractivity contribution in [3.8, 4) is 33.4 Å². The maximum atomic E-state index is 2.60. The van der Waals surface area contributed by atoms with Crippen LogP contribution in [0.3, 0.4) is 0 Å². The van der Waals surface area contributed by atoms with Crippen LogP contribution in [-0.2, 0) is 16.2 Å². The lowest BCUT2D eigenvalue weighted by Crippen LogP contribution is -2.34. The molecular formula is C53H47NS. The summed E-state index contributed by atoms with van der Waals surface area (Å²) >= 11 is 1.90. The molecule has 1 nitrogen and oxygen atoms in total. The van der Waals surface area contributed by atoms with Crippen molar-refractivity contribution in [3.05, 3.63) is 174 Å². The SMILES string of the molecule is CC1(C)CCC(C)(C)c2cc3c(cc21)-c1cccc(N(c2cccc(-c4ccccc4)c2)c2ccccc2-c2cccc4c2sc2ccccc24)c1C3(C)C. The van der Waals surface area contributed by atoms with Gasteiger partial charge in [-0.2, -0.15) is 0 Å². The average molecular weight is 730 g/mol. The van der Waals surface area contributed by atoms with Gasteiger partial charge < -0.3 is 4.90 Å². The number of hydrogen-bond donors (Lipinski definition) is 0. The van der Waals surface area contributed by atoms with Crippen LogP contribution < -0.4 is 4.90 Å². The zero-order valence-electron chi connectivity index (χ0n) is 32.7. The topological polar surface area (TPSA) is 3.24 Å². The van der Waals surface area contributed by atoms with Crippen molar-refractivity contribution in [3.63, 3.8) is 0 Å². The van der Waals surface area contributed by atoms with Crippen LogP contribution in [0.25, 0.3) is 53.6 Å². The Bertz CT molecular complexity index is 2800. The number of para-hydroxylation sites is 1. The normalized spacial score (nSPS) is 16.1. The molecule has 2 heteroatoms. The molecule has 8 aromatic rings. The first-order valence-electron chi connectivity index (χ1n) is 19.8. The van der Waals surface area contributed by atoms with Crippen molar-refractivity contribution in [1.29, 1.82) is 0 Å². The Morgan fingerprint density at radius 2 is 1.05 bits per heavy atom. The van der Waals surface area contributed by atoms with Gasteiger partial charge in [0.15, 0.2) is 0 Å². The fraction of sp³-hybridized carbons (Fsp3) is 0.208. The van der Waals surface area contributed by atoms with E-state index in [4.69, 9.17) is 0 Å². The minimum atomic E-state index is -0.219. The van der Waals surface area contributed by atoms with Crippen molar-refractivity contribution in [2.75, 3.05) is 4.90 Å². The molecule has 10 rings (SSSR count). The molecule has 0 N–H and O–H groups in total. The van der Waals surface area contributed by atoms with Gasteiger partial charge in [-0.25, -0.2) is 0 Å². The highest BCUT2D eigenvalue weighted by Gasteiger charge is 2.44. The molecule has 270 valence electrons. The fourth-order valence-electron chi connectivity index (χ4n) is 9.81. The highest BCUT2D eigenvalue weighted by atomic mass is 32.1. The number of nitrogens with zero attached hydrogens (tertiary/aromatic N) is 1. The molecule has 7 aromatic carbocycles. The van der Waals surface area contributed by atoms with Crippen LogP contribution in [0.5, 0.6) is 0 Å². The van der Waals surface area contributed by atoms with Crippen LogP contribution in [0.1, 0.15) is 76.6 Å². The first kappa shape index (κ1) is 34.1. The summed E-state index contributed by atoms with van der Waals surface area (Å²) in [6, 6.07) is 56.9. The lowest BCUT2D eigenvalue weighted by molar-refractivity contribution is 0.331. The molecule has 0 spiro atoms. The van der Waals surface area contributed by atoms with Gasteiger partial charge >= 0.3 is 0 Å². The molecule has 0 bridgehead atoms. The first-order chi connectivity index (χ1) is 26.5. The monoisotopic (exact) mass is 729 g/mol. The number of anilines is 3. The van der Waals surface area contributed by atoms with Crippen molar-refractivity contribution in [2.24, 2.45) is 0 Å². The molecule has 1 aromatic heterocycles. The van der Waals surface area contributed by atoms with Gasteiger partial charge in [0.05, 0.1) is 11.4 Å².